The fourth-order valence-electron chi connectivity index (χ4n) is 2.41. The first-order chi connectivity index (χ1) is 12.2. The summed E-state index contributed by atoms with van der Waals surface area (Å²) in [7, 11) is 0. The number of carbonyl (C=O) groups excluding carboxylic acids is 2. The van der Waals surface area contributed by atoms with Gasteiger partial charge in [-0.1, -0.05) is 48.5 Å². The fourth-order valence-corrected chi connectivity index (χ4v) is 2.41. The van der Waals surface area contributed by atoms with E-state index in [1.807, 2.05) is 60.7 Å². The highest BCUT2D eigenvalue weighted by atomic mass is 16.5. The molecule has 1 N–H and O–H groups in total. The summed E-state index contributed by atoms with van der Waals surface area (Å²) in [6.45, 7) is 1.85. The van der Waals surface area contributed by atoms with Gasteiger partial charge >= 0.3 is 6.09 Å². The van der Waals surface area contributed by atoms with Crippen molar-refractivity contribution in [2.75, 3.05) is 5.32 Å². The van der Waals surface area contributed by atoms with E-state index in [1.54, 1.807) is 6.92 Å². The predicted molar refractivity (Wildman–Crippen MR) is 93.9 cm³/mol. The summed E-state index contributed by atoms with van der Waals surface area (Å²) < 4.78 is 6.74. The summed E-state index contributed by atoms with van der Waals surface area (Å²) in [4.78, 5) is 23.6. The predicted octanol–water partition coefficient (Wildman–Crippen LogP) is 3.74. The number of nitrogens with zero attached hydrogens (tertiary/aromatic N) is 2. The van der Waals surface area contributed by atoms with E-state index in [2.05, 4.69) is 10.4 Å². The van der Waals surface area contributed by atoms with E-state index in [9.17, 15) is 9.59 Å². The fraction of sp³-hybridized carbons (Fsp3) is 0.105. The number of aryl methyl sites for hydroxylation is 1. The third-order valence-electron chi connectivity index (χ3n) is 3.66. The molecule has 0 bridgehead atoms. The van der Waals surface area contributed by atoms with E-state index in [-0.39, 0.29) is 12.4 Å². The third-order valence-corrected chi connectivity index (χ3v) is 3.66. The Labute approximate surface area is 145 Å². The lowest BCUT2D eigenvalue weighted by Crippen LogP contribution is -2.17. The molecule has 0 aliphatic carbocycles. The second-order valence-corrected chi connectivity index (χ2v) is 5.40. The van der Waals surface area contributed by atoms with Crippen LogP contribution in [0.1, 0.15) is 21.6 Å². The molecule has 6 nitrogen and oxygen atoms in total. The van der Waals surface area contributed by atoms with Crippen molar-refractivity contribution in [3.05, 3.63) is 77.5 Å². The van der Waals surface area contributed by atoms with Crippen LogP contribution in [0.4, 0.5) is 10.6 Å². The number of amides is 1. The molecule has 1 heterocycles. The smallest absolute Gasteiger partial charge is 0.413 e. The van der Waals surface area contributed by atoms with Gasteiger partial charge in [0, 0.05) is 0 Å². The number of aldehydes is 1. The number of hydrogen-bond acceptors (Lipinski definition) is 4. The van der Waals surface area contributed by atoms with Crippen molar-refractivity contribution in [1.29, 1.82) is 0 Å². The lowest BCUT2D eigenvalue weighted by molar-refractivity contribution is 0.112. The quantitative estimate of drug-likeness (QED) is 0.721. The summed E-state index contributed by atoms with van der Waals surface area (Å²) in [5, 5.41) is 6.97. The first-order valence-electron chi connectivity index (χ1n) is 7.77. The molecule has 0 unspecified atom stereocenters. The van der Waals surface area contributed by atoms with Gasteiger partial charge in [-0.15, -0.1) is 0 Å². The summed E-state index contributed by atoms with van der Waals surface area (Å²) in [5.41, 5.74) is 2.45. The first kappa shape index (κ1) is 16.4. The second-order valence-electron chi connectivity index (χ2n) is 5.40. The number of anilines is 1. The summed E-state index contributed by atoms with van der Waals surface area (Å²) in [6, 6.07) is 18.6. The molecular weight excluding hydrogens is 318 g/mol. The van der Waals surface area contributed by atoms with Crippen molar-refractivity contribution in [3.8, 4) is 5.69 Å². The van der Waals surface area contributed by atoms with Gasteiger partial charge < -0.3 is 4.74 Å². The Hall–Kier alpha value is -3.41. The summed E-state index contributed by atoms with van der Waals surface area (Å²) >= 11 is 0. The molecule has 126 valence electrons. The standard InChI is InChI=1S/C19H17N3O3/c1-14-17(12-23)18(22(21-14)16-10-6-3-7-11-16)20-19(24)25-13-15-8-4-2-5-9-15/h2-12H,13H2,1H3,(H,20,24). The molecular formula is C19H17N3O3. The highest BCUT2D eigenvalue weighted by Crippen LogP contribution is 2.22. The summed E-state index contributed by atoms with van der Waals surface area (Å²) in [5.74, 6) is 0.289. The van der Waals surface area contributed by atoms with Gasteiger partial charge in [-0.05, 0) is 24.6 Å². The Kier molecular flexibility index (Phi) is 4.89. The minimum Gasteiger partial charge on any atom is -0.444 e. The van der Waals surface area contributed by atoms with Crippen LogP contribution >= 0.6 is 0 Å². The van der Waals surface area contributed by atoms with Crippen LogP contribution in [0.25, 0.3) is 5.69 Å². The van der Waals surface area contributed by atoms with Crippen LogP contribution in [-0.4, -0.2) is 22.2 Å². The molecule has 0 saturated heterocycles. The largest absolute Gasteiger partial charge is 0.444 e. The van der Waals surface area contributed by atoms with E-state index in [4.69, 9.17) is 4.74 Å². The van der Waals surface area contributed by atoms with Crippen LogP contribution in [0, 0.1) is 6.92 Å². The van der Waals surface area contributed by atoms with Crippen molar-refractivity contribution in [1.82, 2.24) is 9.78 Å². The Morgan fingerprint density at radius 2 is 1.76 bits per heavy atom. The molecule has 2 aromatic carbocycles. The van der Waals surface area contributed by atoms with Gasteiger partial charge in [0.15, 0.2) is 6.29 Å². The number of nitrogens with one attached hydrogen (secondary N) is 1. The van der Waals surface area contributed by atoms with Crippen molar-refractivity contribution < 1.29 is 14.3 Å². The highest BCUT2D eigenvalue weighted by Gasteiger charge is 2.18. The van der Waals surface area contributed by atoms with Crippen LogP contribution in [0.5, 0.6) is 0 Å². The Morgan fingerprint density at radius 3 is 2.40 bits per heavy atom. The zero-order valence-electron chi connectivity index (χ0n) is 13.7. The number of hydrogen-bond donors (Lipinski definition) is 1. The van der Waals surface area contributed by atoms with Crippen LogP contribution in [0.3, 0.4) is 0 Å². The van der Waals surface area contributed by atoms with Crippen molar-refractivity contribution in [3.63, 3.8) is 0 Å². The third kappa shape index (κ3) is 3.74. The number of benzene rings is 2. The van der Waals surface area contributed by atoms with Crippen molar-refractivity contribution in [2.45, 2.75) is 13.5 Å². The molecule has 0 spiro atoms. The Balaban J connectivity index is 1.81. The molecule has 0 saturated carbocycles. The highest BCUT2D eigenvalue weighted by molar-refractivity contribution is 5.93. The number of para-hydroxylation sites is 1. The number of ether oxygens (including phenoxy) is 1. The molecule has 3 aromatic rings. The van der Waals surface area contributed by atoms with E-state index in [1.165, 1.54) is 4.68 Å². The monoisotopic (exact) mass is 335 g/mol. The molecule has 1 amide bonds. The van der Waals surface area contributed by atoms with E-state index in [0.717, 1.165) is 11.3 Å². The van der Waals surface area contributed by atoms with Gasteiger partial charge in [-0.3, -0.25) is 10.1 Å². The Bertz CT molecular complexity index is 874. The number of carbonyl (C=O) groups is 2. The van der Waals surface area contributed by atoms with Crippen LogP contribution in [0.2, 0.25) is 0 Å². The van der Waals surface area contributed by atoms with Crippen LogP contribution < -0.4 is 5.32 Å². The van der Waals surface area contributed by atoms with Gasteiger partial charge in [-0.25, -0.2) is 9.48 Å². The molecule has 25 heavy (non-hydrogen) atoms. The SMILES string of the molecule is Cc1nn(-c2ccccc2)c(NC(=O)OCc2ccccc2)c1C=O. The minimum absolute atomic E-state index is 0.140. The molecule has 1 aromatic heterocycles. The summed E-state index contributed by atoms with van der Waals surface area (Å²) in [6.07, 6.45) is 0.0261. The maximum atomic E-state index is 12.2. The zero-order valence-corrected chi connectivity index (χ0v) is 13.7. The van der Waals surface area contributed by atoms with E-state index < -0.39 is 6.09 Å². The lowest BCUT2D eigenvalue weighted by atomic mass is 10.2. The zero-order chi connectivity index (χ0) is 17.6. The average Bonchev–Trinajstić information content (AvgIpc) is 2.97. The number of rotatable bonds is 5. The maximum absolute atomic E-state index is 12.2. The van der Waals surface area contributed by atoms with Gasteiger partial charge in [0.05, 0.1) is 16.9 Å². The maximum Gasteiger partial charge on any atom is 0.413 e. The lowest BCUT2D eigenvalue weighted by Gasteiger charge is -2.10. The average molecular weight is 335 g/mol. The van der Waals surface area contributed by atoms with Crippen molar-refractivity contribution >= 4 is 18.2 Å². The van der Waals surface area contributed by atoms with Crippen LogP contribution in [0.15, 0.2) is 60.7 Å². The first-order valence-corrected chi connectivity index (χ1v) is 7.77. The topological polar surface area (TPSA) is 73.2 Å². The van der Waals surface area contributed by atoms with Gasteiger partial charge in [0.25, 0.3) is 0 Å². The van der Waals surface area contributed by atoms with Gasteiger partial charge in [-0.2, -0.15) is 5.10 Å². The molecule has 3 rings (SSSR count). The van der Waals surface area contributed by atoms with Gasteiger partial charge in [0.2, 0.25) is 0 Å². The molecule has 0 radical (unpaired) electrons. The molecule has 0 fully saturated rings. The van der Waals surface area contributed by atoms with E-state index in [0.29, 0.717) is 17.5 Å². The molecule has 0 aliphatic rings. The Morgan fingerprint density at radius 1 is 1.12 bits per heavy atom. The number of aromatic nitrogens is 2. The second kappa shape index (κ2) is 7.44. The molecule has 6 heteroatoms. The molecule has 0 atom stereocenters. The van der Waals surface area contributed by atoms with Gasteiger partial charge in [0.1, 0.15) is 12.4 Å². The van der Waals surface area contributed by atoms with Crippen molar-refractivity contribution in [2.24, 2.45) is 0 Å². The minimum atomic E-state index is -0.649. The van der Waals surface area contributed by atoms with E-state index >= 15 is 0 Å². The normalized spacial score (nSPS) is 10.3. The van der Waals surface area contributed by atoms with Crippen LogP contribution in [-0.2, 0) is 11.3 Å². The molecule has 0 aliphatic heterocycles.